The highest BCUT2D eigenvalue weighted by molar-refractivity contribution is 7.89. The van der Waals surface area contributed by atoms with Crippen LogP contribution in [0.2, 0.25) is 5.02 Å². The van der Waals surface area contributed by atoms with Crippen molar-refractivity contribution in [3.05, 3.63) is 41.4 Å². The van der Waals surface area contributed by atoms with Gasteiger partial charge in [0.1, 0.15) is 6.04 Å². The number of hydrogen-bond acceptors (Lipinski definition) is 6. The van der Waals surface area contributed by atoms with Crippen LogP contribution in [0.4, 0.5) is 0 Å². The molecule has 200 valence electrons. The molecule has 0 radical (unpaired) electrons. The lowest BCUT2D eigenvalue weighted by Gasteiger charge is -2.41. The number of ether oxygens (including phenoxy) is 1. The number of amides is 1. The molecule has 37 heavy (non-hydrogen) atoms. The molecule has 1 aliphatic carbocycles. The van der Waals surface area contributed by atoms with Gasteiger partial charge in [0.2, 0.25) is 15.9 Å². The number of esters is 1. The summed E-state index contributed by atoms with van der Waals surface area (Å²) in [5, 5.41) is 2.14. The third-order valence-electron chi connectivity index (χ3n) is 7.03. The van der Waals surface area contributed by atoms with Crippen LogP contribution in [0.15, 0.2) is 46.3 Å². The van der Waals surface area contributed by atoms with E-state index in [1.54, 1.807) is 44.2 Å². The standard InChI is InChI=1S/C26H33ClN4O5S/c1-3-36-26(33)24-16-30(37(34,35)23-11-7-19-14-21(27)8-4-20(19)15-23)12-13-31(24)25(32)18-5-9-22(10-6-18)29-17(2)28/h4,7-8,11,14-15,18,22,24H,3,5-6,9-10,12-13,16H2,1-2H3,(H2,28,29). The monoisotopic (exact) mass is 548 g/mol. The van der Waals surface area contributed by atoms with Gasteiger partial charge < -0.3 is 15.4 Å². The molecule has 2 aromatic rings. The van der Waals surface area contributed by atoms with Gasteiger partial charge in [0.05, 0.1) is 23.4 Å². The highest BCUT2D eigenvalue weighted by Gasteiger charge is 2.42. The second-order valence-electron chi connectivity index (χ2n) is 9.59. The molecule has 0 spiro atoms. The minimum Gasteiger partial charge on any atom is -0.464 e. The van der Waals surface area contributed by atoms with Crippen molar-refractivity contribution in [1.82, 2.24) is 9.21 Å². The van der Waals surface area contributed by atoms with Crippen LogP contribution < -0.4 is 5.73 Å². The van der Waals surface area contributed by atoms with Gasteiger partial charge in [0, 0.05) is 30.6 Å². The van der Waals surface area contributed by atoms with Crippen molar-refractivity contribution in [3.63, 3.8) is 0 Å². The number of rotatable bonds is 6. The quantitative estimate of drug-likeness (QED) is 0.336. The zero-order valence-corrected chi connectivity index (χ0v) is 22.7. The lowest BCUT2D eigenvalue weighted by Crippen LogP contribution is -2.60. The van der Waals surface area contributed by atoms with Crippen LogP contribution in [0.5, 0.6) is 0 Å². The molecule has 1 heterocycles. The molecule has 1 saturated heterocycles. The molecule has 9 nitrogen and oxygen atoms in total. The molecule has 1 unspecified atom stereocenters. The molecule has 1 aliphatic heterocycles. The summed E-state index contributed by atoms with van der Waals surface area (Å²) in [4.78, 5) is 32.4. The number of fused-ring (bicyclic) bond motifs is 1. The predicted molar refractivity (Wildman–Crippen MR) is 143 cm³/mol. The fraction of sp³-hybridized carbons (Fsp3) is 0.500. The van der Waals surface area contributed by atoms with Crippen LogP contribution in [-0.4, -0.2) is 73.7 Å². The lowest BCUT2D eigenvalue weighted by molar-refractivity contribution is -0.159. The zero-order chi connectivity index (χ0) is 26.7. The van der Waals surface area contributed by atoms with E-state index in [-0.39, 0.29) is 49.0 Å². The molecule has 11 heteroatoms. The Morgan fingerprint density at radius 2 is 1.76 bits per heavy atom. The second-order valence-corrected chi connectivity index (χ2v) is 12.0. The van der Waals surface area contributed by atoms with E-state index in [9.17, 15) is 18.0 Å². The van der Waals surface area contributed by atoms with Crippen molar-refractivity contribution in [2.24, 2.45) is 16.6 Å². The minimum absolute atomic E-state index is 0.0919. The Hall–Kier alpha value is -2.69. The largest absolute Gasteiger partial charge is 0.464 e. The number of nitrogens with zero attached hydrogens (tertiary/aromatic N) is 3. The highest BCUT2D eigenvalue weighted by Crippen LogP contribution is 2.31. The van der Waals surface area contributed by atoms with Crippen molar-refractivity contribution in [3.8, 4) is 0 Å². The Kier molecular flexibility index (Phi) is 8.40. The van der Waals surface area contributed by atoms with Crippen molar-refractivity contribution >= 4 is 50.1 Å². The number of benzene rings is 2. The van der Waals surface area contributed by atoms with Gasteiger partial charge in [-0.2, -0.15) is 4.31 Å². The molecule has 2 N–H and O–H groups in total. The molecule has 2 aromatic carbocycles. The van der Waals surface area contributed by atoms with E-state index in [1.165, 1.54) is 15.3 Å². The summed E-state index contributed by atoms with van der Waals surface area (Å²) in [5.41, 5.74) is 5.70. The lowest BCUT2D eigenvalue weighted by atomic mass is 9.85. The Bertz CT molecular complexity index is 1300. The number of piperazine rings is 1. The topological polar surface area (TPSA) is 122 Å². The Morgan fingerprint density at radius 1 is 1.08 bits per heavy atom. The van der Waals surface area contributed by atoms with Crippen molar-refractivity contribution in [1.29, 1.82) is 0 Å². The maximum absolute atomic E-state index is 13.5. The number of carbonyl (C=O) groups is 2. The first kappa shape index (κ1) is 27.3. The average molecular weight is 549 g/mol. The van der Waals surface area contributed by atoms with Gasteiger partial charge >= 0.3 is 5.97 Å². The summed E-state index contributed by atoms with van der Waals surface area (Å²) in [6.45, 7) is 3.63. The summed E-state index contributed by atoms with van der Waals surface area (Å²) >= 11 is 6.05. The maximum Gasteiger partial charge on any atom is 0.330 e. The van der Waals surface area contributed by atoms with E-state index in [1.807, 2.05) is 0 Å². The molecular formula is C26H33ClN4O5S. The fourth-order valence-electron chi connectivity index (χ4n) is 5.16. The first-order valence-electron chi connectivity index (χ1n) is 12.6. The summed E-state index contributed by atoms with van der Waals surface area (Å²) in [6, 6.07) is 9.19. The van der Waals surface area contributed by atoms with Crippen LogP contribution in [0.1, 0.15) is 39.5 Å². The third-order valence-corrected chi connectivity index (χ3v) is 9.12. The minimum atomic E-state index is -3.91. The van der Waals surface area contributed by atoms with Gasteiger partial charge in [0.15, 0.2) is 0 Å². The summed E-state index contributed by atoms with van der Waals surface area (Å²) < 4.78 is 33.6. The van der Waals surface area contributed by atoms with Crippen LogP contribution in [0, 0.1) is 5.92 Å². The van der Waals surface area contributed by atoms with E-state index >= 15 is 0 Å². The van der Waals surface area contributed by atoms with Crippen molar-refractivity contribution in [2.75, 3.05) is 26.2 Å². The number of hydrogen-bond donors (Lipinski definition) is 1. The molecule has 1 amide bonds. The molecule has 4 rings (SSSR count). The van der Waals surface area contributed by atoms with E-state index in [2.05, 4.69) is 4.99 Å². The number of halogens is 1. The van der Waals surface area contributed by atoms with Crippen LogP contribution in [-0.2, 0) is 24.3 Å². The van der Waals surface area contributed by atoms with Gasteiger partial charge in [-0.25, -0.2) is 13.2 Å². The summed E-state index contributed by atoms with van der Waals surface area (Å²) in [6.07, 6.45) is 2.79. The Balaban J connectivity index is 1.53. The average Bonchev–Trinajstić information content (AvgIpc) is 2.87. The van der Waals surface area contributed by atoms with Gasteiger partial charge in [-0.1, -0.05) is 23.7 Å². The normalized spacial score (nSPS) is 23.7. The van der Waals surface area contributed by atoms with E-state index in [0.29, 0.717) is 23.7 Å². The smallest absolute Gasteiger partial charge is 0.330 e. The predicted octanol–water partition coefficient (Wildman–Crippen LogP) is 3.19. The molecule has 1 atom stereocenters. The van der Waals surface area contributed by atoms with Gasteiger partial charge in [-0.3, -0.25) is 9.79 Å². The number of aliphatic imine (C=N–C) groups is 1. The number of nitrogens with two attached hydrogens (primary N) is 1. The van der Waals surface area contributed by atoms with Crippen LogP contribution in [0.3, 0.4) is 0 Å². The Labute approximate surface area is 222 Å². The zero-order valence-electron chi connectivity index (χ0n) is 21.1. The third kappa shape index (κ3) is 6.08. The molecular weight excluding hydrogens is 516 g/mol. The number of sulfonamides is 1. The molecule has 2 fully saturated rings. The SMILES string of the molecule is CCOC(=O)C1CN(S(=O)(=O)c2ccc3cc(Cl)ccc3c2)CCN1C(=O)C1CCC(N=C(C)N)CC1. The van der Waals surface area contributed by atoms with Gasteiger partial charge in [0.25, 0.3) is 0 Å². The number of carbonyl (C=O) groups excluding carboxylic acids is 2. The van der Waals surface area contributed by atoms with E-state index in [0.717, 1.165) is 23.6 Å². The van der Waals surface area contributed by atoms with Gasteiger partial charge in [-0.15, -0.1) is 0 Å². The summed E-state index contributed by atoms with van der Waals surface area (Å²) in [5.74, 6) is -0.438. The fourth-order valence-corrected chi connectivity index (χ4v) is 6.81. The van der Waals surface area contributed by atoms with Crippen molar-refractivity contribution < 1.29 is 22.7 Å². The van der Waals surface area contributed by atoms with E-state index in [4.69, 9.17) is 22.1 Å². The highest BCUT2D eigenvalue weighted by atomic mass is 35.5. The maximum atomic E-state index is 13.5. The molecule has 0 bridgehead atoms. The second kappa shape index (κ2) is 11.4. The first-order valence-corrected chi connectivity index (χ1v) is 14.4. The molecule has 1 saturated carbocycles. The molecule has 2 aliphatic rings. The molecule has 0 aromatic heterocycles. The Morgan fingerprint density at radius 3 is 2.43 bits per heavy atom. The number of amidine groups is 1. The van der Waals surface area contributed by atoms with E-state index < -0.39 is 22.0 Å². The van der Waals surface area contributed by atoms with Crippen molar-refractivity contribution in [2.45, 2.75) is 56.5 Å². The first-order chi connectivity index (χ1) is 17.6. The van der Waals surface area contributed by atoms with Crippen LogP contribution in [0.25, 0.3) is 10.8 Å². The van der Waals surface area contributed by atoms with Crippen LogP contribution >= 0.6 is 11.6 Å². The summed E-state index contributed by atoms with van der Waals surface area (Å²) in [7, 11) is -3.91. The van der Waals surface area contributed by atoms with Gasteiger partial charge in [-0.05, 0) is 74.6 Å².